The Morgan fingerprint density at radius 2 is 2.00 bits per heavy atom. The van der Waals surface area contributed by atoms with Crippen LogP contribution < -0.4 is 16.0 Å². The lowest BCUT2D eigenvalue weighted by molar-refractivity contribution is -0.385. The molecule has 0 saturated heterocycles. The zero-order chi connectivity index (χ0) is 16.2. The van der Waals surface area contributed by atoms with Gasteiger partial charge in [0.15, 0.2) is 0 Å². The molecule has 4 N–H and O–H groups in total. The predicted octanol–water partition coefficient (Wildman–Crippen LogP) is 2.80. The fourth-order valence-electron chi connectivity index (χ4n) is 1.39. The Morgan fingerprint density at radius 1 is 1.38 bits per heavy atom. The van der Waals surface area contributed by atoms with E-state index in [1.165, 1.54) is 18.2 Å². The van der Waals surface area contributed by atoms with Crippen molar-refractivity contribution in [2.24, 2.45) is 0 Å². The average molecular weight is 358 g/mol. The number of anilines is 1. The lowest BCUT2D eigenvalue weighted by Gasteiger charge is -2.21. The van der Waals surface area contributed by atoms with Gasteiger partial charge in [-0.05, 0) is 48.8 Å². The van der Waals surface area contributed by atoms with Crippen LogP contribution in [0.2, 0.25) is 0 Å². The Kier molecular flexibility index (Phi) is 5.25. The SMILES string of the molecule is CC(C)(C)NC(=O)NC(=N)Nc1ccc([N+](=O)[O-])c(Br)c1. The minimum absolute atomic E-state index is 0.0782. The summed E-state index contributed by atoms with van der Waals surface area (Å²) in [7, 11) is 0. The number of halogens is 1. The number of urea groups is 1. The number of nitrogens with one attached hydrogen (secondary N) is 4. The number of amides is 2. The third-order valence-electron chi connectivity index (χ3n) is 2.14. The minimum atomic E-state index is -0.520. The van der Waals surface area contributed by atoms with Crippen LogP contribution in [0.25, 0.3) is 0 Å². The summed E-state index contributed by atoms with van der Waals surface area (Å²) in [6.45, 7) is 5.45. The van der Waals surface area contributed by atoms with Crippen molar-refractivity contribution >= 4 is 39.3 Å². The molecule has 21 heavy (non-hydrogen) atoms. The van der Waals surface area contributed by atoms with Crippen LogP contribution in [0, 0.1) is 15.5 Å². The molecule has 2 amide bonds. The molecule has 114 valence electrons. The van der Waals surface area contributed by atoms with E-state index in [0.29, 0.717) is 5.69 Å². The number of benzene rings is 1. The van der Waals surface area contributed by atoms with Gasteiger partial charge in [-0.3, -0.25) is 20.8 Å². The number of rotatable bonds is 2. The fourth-order valence-corrected chi connectivity index (χ4v) is 1.92. The summed E-state index contributed by atoms with van der Waals surface area (Å²) in [4.78, 5) is 21.7. The molecule has 0 aliphatic heterocycles. The van der Waals surface area contributed by atoms with Crippen LogP contribution >= 0.6 is 15.9 Å². The predicted molar refractivity (Wildman–Crippen MR) is 83.6 cm³/mol. The van der Waals surface area contributed by atoms with Gasteiger partial charge >= 0.3 is 6.03 Å². The largest absolute Gasteiger partial charge is 0.333 e. The van der Waals surface area contributed by atoms with Gasteiger partial charge in [-0.1, -0.05) is 0 Å². The minimum Gasteiger partial charge on any atom is -0.333 e. The summed E-state index contributed by atoms with van der Waals surface area (Å²) in [5.74, 6) is -0.238. The van der Waals surface area contributed by atoms with E-state index in [0.717, 1.165) is 0 Å². The normalized spacial score (nSPS) is 10.7. The Labute approximate surface area is 130 Å². The van der Waals surface area contributed by atoms with Crippen LogP contribution in [0.3, 0.4) is 0 Å². The van der Waals surface area contributed by atoms with Gasteiger partial charge in [0.2, 0.25) is 5.96 Å². The van der Waals surface area contributed by atoms with Gasteiger partial charge in [-0.25, -0.2) is 4.79 Å². The summed E-state index contributed by atoms with van der Waals surface area (Å²) >= 11 is 3.08. The van der Waals surface area contributed by atoms with E-state index in [2.05, 4.69) is 31.9 Å². The molecule has 8 nitrogen and oxygen atoms in total. The van der Waals surface area contributed by atoms with Gasteiger partial charge in [0, 0.05) is 17.3 Å². The average Bonchev–Trinajstić information content (AvgIpc) is 2.24. The summed E-state index contributed by atoms with van der Waals surface area (Å²) < 4.78 is 0.282. The molecule has 0 spiro atoms. The van der Waals surface area contributed by atoms with Crippen molar-refractivity contribution in [1.29, 1.82) is 5.41 Å². The highest BCUT2D eigenvalue weighted by Gasteiger charge is 2.15. The molecule has 0 bridgehead atoms. The molecule has 0 radical (unpaired) electrons. The van der Waals surface area contributed by atoms with E-state index in [4.69, 9.17) is 5.41 Å². The first kappa shape index (κ1) is 16.9. The number of hydrogen-bond acceptors (Lipinski definition) is 4. The van der Waals surface area contributed by atoms with Crippen LogP contribution in [-0.2, 0) is 0 Å². The number of carbonyl (C=O) groups is 1. The van der Waals surface area contributed by atoms with E-state index in [1.54, 1.807) is 0 Å². The van der Waals surface area contributed by atoms with Crippen molar-refractivity contribution in [2.75, 3.05) is 5.32 Å². The maximum Gasteiger partial charge on any atom is 0.321 e. The van der Waals surface area contributed by atoms with Crippen LogP contribution in [0.15, 0.2) is 22.7 Å². The molecular formula is C12H16BrN5O3. The monoisotopic (exact) mass is 357 g/mol. The number of carbonyl (C=O) groups excluding carboxylic acids is 1. The van der Waals surface area contributed by atoms with Crippen molar-refractivity contribution < 1.29 is 9.72 Å². The first-order valence-electron chi connectivity index (χ1n) is 5.97. The highest BCUT2D eigenvalue weighted by atomic mass is 79.9. The maximum atomic E-state index is 11.6. The van der Waals surface area contributed by atoms with E-state index in [1.807, 2.05) is 20.8 Å². The second kappa shape index (κ2) is 6.53. The fraction of sp³-hybridized carbons (Fsp3) is 0.333. The van der Waals surface area contributed by atoms with Crippen molar-refractivity contribution in [3.05, 3.63) is 32.8 Å². The number of guanidine groups is 1. The molecule has 0 aromatic heterocycles. The van der Waals surface area contributed by atoms with Crippen molar-refractivity contribution in [1.82, 2.24) is 10.6 Å². The topological polar surface area (TPSA) is 120 Å². The quantitative estimate of drug-likeness (QED) is 0.281. The maximum absolute atomic E-state index is 11.6. The zero-order valence-corrected chi connectivity index (χ0v) is 13.4. The number of hydrogen-bond donors (Lipinski definition) is 4. The van der Waals surface area contributed by atoms with Gasteiger partial charge in [-0.2, -0.15) is 0 Å². The standard InChI is InChI=1S/C12H16BrN5O3/c1-12(2,3)17-11(19)16-10(14)15-7-4-5-9(18(20)21)8(13)6-7/h4-6H,1-3H3,(H4,14,15,16,17,19). The van der Waals surface area contributed by atoms with E-state index in [9.17, 15) is 14.9 Å². The molecule has 0 heterocycles. The molecule has 1 aromatic rings. The first-order valence-corrected chi connectivity index (χ1v) is 6.76. The third-order valence-corrected chi connectivity index (χ3v) is 2.78. The molecule has 0 aliphatic carbocycles. The second-order valence-corrected chi connectivity index (χ2v) is 6.11. The van der Waals surface area contributed by atoms with Gasteiger partial charge in [0.05, 0.1) is 9.40 Å². The van der Waals surface area contributed by atoms with Crippen LogP contribution in [-0.4, -0.2) is 22.5 Å². The Morgan fingerprint density at radius 3 is 2.48 bits per heavy atom. The molecule has 0 fully saturated rings. The highest BCUT2D eigenvalue weighted by Crippen LogP contribution is 2.27. The molecule has 0 saturated carbocycles. The van der Waals surface area contributed by atoms with Gasteiger partial charge in [-0.15, -0.1) is 0 Å². The molecule has 0 atom stereocenters. The molecular weight excluding hydrogens is 342 g/mol. The van der Waals surface area contributed by atoms with Crippen LogP contribution in [0.1, 0.15) is 20.8 Å². The van der Waals surface area contributed by atoms with Crippen molar-refractivity contribution in [3.8, 4) is 0 Å². The lowest BCUT2D eigenvalue weighted by atomic mass is 10.1. The van der Waals surface area contributed by atoms with E-state index < -0.39 is 16.5 Å². The summed E-state index contributed by atoms with van der Waals surface area (Å²) in [6, 6.07) is 3.69. The molecule has 0 aliphatic rings. The molecule has 1 aromatic carbocycles. The van der Waals surface area contributed by atoms with Gasteiger partial charge in [0.1, 0.15) is 0 Å². The summed E-state index contributed by atoms with van der Waals surface area (Å²) in [5, 5.41) is 25.9. The Bertz CT molecular complexity index is 583. The lowest BCUT2D eigenvalue weighted by Crippen LogP contribution is -2.49. The van der Waals surface area contributed by atoms with Gasteiger partial charge in [0.25, 0.3) is 5.69 Å². The van der Waals surface area contributed by atoms with Crippen LogP contribution in [0.5, 0.6) is 0 Å². The van der Waals surface area contributed by atoms with Gasteiger partial charge < -0.3 is 10.6 Å². The molecule has 9 heteroatoms. The second-order valence-electron chi connectivity index (χ2n) is 5.25. The third kappa shape index (κ3) is 5.78. The number of nitro benzene ring substituents is 1. The highest BCUT2D eigenvalue weighted by molar-refractivity contribution is 9.10. The van der Waals surface area contributed by atoms with E-state index >= 15 is 0 Å². The Balaban J connectivity index is 2.65. The van der Waals surface area contributed by atoms with Crippen LogP contribution in [0.4, 0.5) is 16.2 Å². The zero-order valence-electron chi connectivity index (χ0n) is 11.8. The van der Waals surface area contributed by atoms with Crippen molar-refractivity contribution in [3.63, 3.8) is 0 Å². The molecule has 0 unspecified atom stereocenters. The van der Waals surface area contributed by atoms with E-state index in [-0.39, 0.29) is 16.1 Å². The Hall–Kier alpha value is -2.16. The van der Waals surface area contributed by atoms with Crippen molar-refractivity contribution in [2.45, 2.75) is 26.3 Å². The smallest absolute Gasteiger partial charge is 0.321 e. The molecule has 1 rings (SSSR count). The number of nitro groups is 1. The summed E-state index contributed by atoms with van der Waals surface area (Å²) in [5.41, 5.74) is -0.0557. The first-order chi connectivity index (χ1) is 9.58. The number of nitrogens with zero attached hydrogens (tertiary/aromatic N) is 1. The summed E-state index contributed by atoms with van der Waals surface area (Å²) in [6.07, 6.45) is 0.